The largest absolute Gasteiger partial charge is 0.478 e. The van der Waals surface area contributed by atoms with Crippen LogP contribution in [0.25, 0.3) is 0 Å². The number of halogens is 3. The first-order chi connectivity index (χ1) is 14.3. The lowest BCUT2D eigenvalue weighted by Crippen LogP contribution is -2.24. The van der Waals surface area contributed by atoms with Crippen LogP contribution in [0.2, 0.25) is 10.0 Å². The highest BCUT2D eigenvalue weighted by atomic mass is 35.5. The summed E-state index contributed by atoms with van der Waals surface area (Å²) in [5.41, 5.74) is 0.780. The molecular weight excluding hydrogens is 432 g/mol. The van der Waals surface area contributed by atoms with Gasteiger partial charge in [-0.2, -0.15) is 0 Å². The van der Waals surface area contributed by atoms with E-state index in [-0.39, 0.29) is 16.2 Å². The average Bonchev–Trinajstić information content (AvgIpc) is 2.72. The molecule has 1 atom stereocenters. The van der Waals surface area contributed by atoms with Crippen LogP contribution in [0.15, 0.2) is 72.4 Å². The first-order valence-electron chi connectivity index (χ1n) is 8.78. The first kappa shape index (κ1) is 20.2. The fourth-order valence-electron chi connectivity index (χ4n) is 3.13. The van der Waals surface area contributed by atoms with Gasteiger partial charge >= 0.3 is 5.97 Å². The Bertz CT molecular complexity index is 1150. The van der Waals surface area contributed by atoms with Crippen LogP contribution in [0.3, 0.4) is 0 Å². The zero-order valence-corrected chi connectivity index (χ0v) is 16.7. The van der Waals surface area contributed by atoms with Gasteiger partial charge in [-0.1, -0.05) is 23.2 Å². The third-order valence-electron chi connectivity index (χ3n) is 4.60. The van der Waals surface area contributed by atoms with Crippen LogP contribution in [0.1, 0.15) is 11.7 Å². The molecule has 3 aromatic carbocycles. The molecule has 0 spiro atoms. The number of nitrogens with zero attached hydrogens (tertiary/aromatic N) is 1. The Balaban J connectivity index is 1.70. The van der Waals surface area contributed by atoms with Gasteiger partial charge in [0.2, 0.25) is 0 Å². The summed E-state index contributed by atoms with van der Waals surface area (Å²) in [5.74, 6) is -0.893. The lowest BCUT2D eigenvalue weighted by molar-refractivity contribution is -0.133. The van der Waals surface area contributed by atoms with E-state index in [9.17, 15) is 19.4 Å². The van der Waals surface area contributed by atoms with Gasteiger partial charge in [-0.15, -0.1) is 0 Å². The normalized spacial score (nSPS) is 15.4. The third kappa shape index (κ3) is 3.85. The summed E-state index contributed by atoms with van der Waals surface area (Å²) < 4.78 is 19.7. The average molecular weight is 446 g/mol. The first-order valence-corrected chi connectivity index (χ1v) is 9.54. The summed E-state index contributed by atoms with van der Waals surface area (Å²) in [6, 6.07) is 16.1. The SMILES string of the molecule is O=C(O)C1=CN(c2ccc(Oc3ccc(Cl)cc3)cc2)c2cc(Cl)c(F)cc2C1O. The molecule has 0 aromatic heterocycles. The van der Waals surface area contributed by atoms with Gasteiger partial charge in [-0.25, -0.2) is 9.18 Å². The van der Waals surface area contributed by atoms with E-state index in [0.717, 1.165) is 6.07 Å². The van der Waals surface area contributed by atoms with Gasteiger partial charge in [0.25, 0.3) is 0 Å². The molecule has 0 saturated carbocycles. The number of benzene rings is 3. The molecule has 0 amide bonds. The molecule has 1 aliphatic heterocycles. The Morgan fingerprint density at radius 3 is 2.20 bits per heavy atom. The van der Waals surface area contributed by atoms with Crippen molar-refractivity contribution in [1.29, 1.82) is 0 Å². The van der Waals surface area contributed by atoms with Crippen molar-refractivity contribution in [3.8, 4) is 11.5 Å². The molecular formula is C22H14Cl2FNO4. The van der Waals surface area contributed by atoms with Crippen molar-refractivity contribution in [2.45, 2.75) is 6.10 Å². The molecule has 5 nitrogen and oxygen atoms in total. The van der Waals surface area contributed by atoms with Crippen LogP contribution in [0, 0.1) is 5.82 Å². The lowest BCUT2D eigenvalue weighted by atomic mass is 9.95. The number of anilines is 2. The molecule has 0 aliphatic carbocycles. The van der Waals surface area contributed by atoms with Crippen molar-refractivity contribution in [2.75, 3.05) is 4.90 Å². The summed E-state index contributed by atoms with van der Waals surface area (Å²) in [4.78, 5) is 13.1. The quantitative estimate of drug-likeness (QED) is 0.509. The van der Waals surface area contributed by atoms with Crippen LogP contribution in [0.5, 0.6) is 11.5 Å². The number of carboxylic acids is 1. The van der Waals surface area contributed by atoms with Crippen LogP contribution in [-0.4, -0.2) is 16.2 Å². The number of aliphatic hydroxyl groups excluding tert-OH is 1. The van der Waals surface area contributed by atoms with E-state index < -0.39 is 17.9 Å². The predicted octanol–water partition coefficient (Wildman–Crippen LogP) is 6.08. The fraction of sp³-hybridized carbons (Fsp3) is 0.0455. The summed E-state index contributed by atoms with van der Waals surface area (Å²) in [5, 5.41) is 20.3. The summed E-state index contributed by atoms with van der Waals surface area (Å²) >= 11 is 11.8. The third-order valence-corrected chi connectivity index (χ3v) is 5.14. The molecule has 0 bridgehead atoms. The molecule has 2 N–H and O–H groups in total. The molecule has 0 saturated heterocycles. The second kappa shape index (κ2) is 7.99. The minimum atomic E-state index is -1.48. The maximum Gasteiger partial charge on any atom is 0.336 e. The molecule has 1 aliphatic rings. The monoisotopic (exact) mass is 445 g/mol. The van der Waals surface area contributed by atoms with Crippen LogP contribution in [-0.2, 0) is 4.79 Å². The van der Waals surface area contributed by atoms with Crippen molar-refractivity contribution in [3.05, 3.63) is 93.9 Å². The maximum atomic E-state index is 14.0. The highest BCUT2D eigenvalue weighted by molar-refractivity contribution is 6.31. The maximum absolute atomic E-state index is 14.0. The van der Waals surface area contributed by atoms with Gasteiger partial charge in [0.1, 0.15) is 23.4 Å². The van der Waals surface area contributed by atoms with E-state index >= 15 is 0 Å². The van der Waals surface area contributed by atoms with Crippen LogP contribution >= 0.6 is 23.2 Å². The molecule has 152 valence electrons. The van der Waals surface area contributed by atoms with E-state index in [0.29, 0.717) is 27.9 Å². The smallest absolute Gasteiger partial charge is 0.336 e. The number of carboxylic acid groups (broad SMARTS) is 1. The predicted molar refractivity (Wildman–Crippen MR) is 112 cm³/mol. The number of hydrogen-bond donors (Lipinski definition) is 2. The number of aliphatic carboxylic acids is 1. The van der Waals surface area contributed by atoms with Crippen molar-refractivity contribution in [2.24, 2.45) is 0 Å². The van der Waals surface area contributed by atoms with Crippen molar-refractivity contribution in [1.82, 2.24) is 0 Å². The molecule has 0 radical (unpaired) electrons. The molecule has 1 unspecified atom stereocenters. The Morgan fingerprint density at radius 1 is 1.00 bits per heavy atom. The lowest BCUT2D eigenvalue weighted by Gasteiger charge is -2.31. The van der Waals surface area contributed by atoms with Gasteiger partial charge in [0.15, 0.2) is 0 Å². The molecule has 1 heterocycles. The zero-order chi connectivity index (χ0) is 21.4. The Labute approximate surface area is 181 Å². The summed E-state index contributed by atoms with van der Waals surface area (Å²) in [6.45, 7) is 0. The topological polar surface area (TPSA) is 70.0 Å². The standard InChI is InChI=1S/C22H14Cl2FNO4/c23-12-1-5-14(6-2-12)30-15-7-3-13(4-8-15)26-11-17(22(28)29)21(27)16-9-19(25)18(24)10-20(16)26/h1-11,21,27H,(H,28,29). The van der Waals surface area contributed by atoms with E-state index in [2.05, 4.69) is 0 Å². The number of carbonyl (C=O) groups is 1. The van der Waals surface area contributed by atoms with Crippen molar-refractivity contribution in [3.63, 3.8) is 0 Å². The van der Waals surface area contributed by atoms with Crippen LogP contribution in [0.4, 0.5) is 15.8 Å². The highest BCUT2D eigenvalue weighted by Gasteiger charge is 2.31. The fourth-order valence-corrected chi connectivity index (χ4v) is 3.41. The van der Waals surface area contributed by atoms with Gasteiger partial charge in [-0.3, -0.25) is 0 Å². The van der Waals surface area contributed by atoms with Gasteiger partial charge in [-0.05, 0) is 60.7 Å². The highest BCUT2D eigenvalue weighted by Crippen LogP contribution is 2.42. The van der Waals surface area contributed by atoms with E-state index in [1.165, 1.54) is 17.2 Å². The number of fused-ring (bicyclic) bond motifs is 1. The van der Waals surface area contributed by atoms with Crippen LogP contribution < -0.4 is 9.64 Å². The Kier molecular flexibility index (Phi) is 5.39. The Morgan fingerprint density at radius 2 is 1.60 bits per heavy atom. The van der Waals surface area contributed by atoms with E-state index in [4.69, 9.17) is 27.9 Å². The minimum absolute atomic E-state index is 0.110. The second-order valence-electron chi connectivity index (χ2n) is 6.54. The van der Waals surface area contributed by atoms with Crippen molar-refractivity contribution >= 4 is 40.5 Å². The zero-order valence-electron chi connectivity index (χ0n) is 15.2. The van der Waals surface area contributed by atoms with Gasteiger partial charge in [0, 0.05) is 22.5 Å². The molecule has 30 heavy (non-hydrogen) atoms. The molecule has 0 fully saturated rings. The molecule has 4 rings (SSSR count). The van der Waals surface area contributed by atoms with E-state index in [1.807, 2.05) is 0 Å². The number of ether oxygens (including phenoxy) is 1. The van der Waals surface area contributed by atoms with Gasteiger partial charge in [0.05, 0.1) is 16.3 Å². The summed E-state index contributed by atoms with van der Waals surface area (Å²) in [6.07, 6.45) is -0.188. The Hall–Kier alpha value is -3.06. The number of rotatable bonds is 4. The molecule has 8 heteroatoms. The molecule has 3 aromatic rings. The van der Waals surface area contributed by atoms with Gasteiger partial charge < -0.3 is 19.8 Å². The van der Waals surface area contributed by atoms with Crippen molar-refractivity contribution < 1.29 is 24.1 Å². The second-order valence-corrected chi connectivity index (χ2v) is 7.38. The minimum Gasteiger partial charge on any atom is -0.478 e. The summed E-state index contributed by atoms with van der Waals surface area (Å²) in [7, 11) is 0. The number of hydrogen-bond acceptors (Lipinski definition) is 4. The number of aliphatic hydroxyl groups is 1. The van der Waals surface area contributed by atoms with E-state index in [1.54, 1.807) is 48.5 Å².